The molecule has 0 bridgehead atoms. The molecular weight excluding hydrogens is 446 g/mol. The van der Waals surface area contributed by atoms with Crippen LogP contribution in [0.4, 0.5) is 0 Å². The molecule has 3 N–H and O–H groups in total. The monoisotopic (exact) mass is 483 g/mol. The molecule has 6 heteroatoms. The van der Waals surface area contributed by atoms with Crippen molar-refractivity contribution in [1.82, 2.24) is 15.5 Å². The number of aromatic amines is 1. The lowest BCUT2D eigenvalue weighted by Crippen LogP contribution is -2.27. The van der Waals surface area contributed by atoms with Gasteiger partial charge in [-0.05, 0) is 50.3 Å². The Morgan fingerprint density at radius 3 is 2.12 bits per heavy atom. The highest BCUT2D eigenvalue weighted by atomic mass is 35.5. The van der Waals surface area contributed by atoms with Crippen molar-refractivity contribution in [3.05, 3.63) is 88.2 Å². The van der Waals surface area contributed by atoms with E-state index in [4.69, 9.17) is 16.7 Å². The summed E-state index contributed by atoms with van der Waals surface area (Å²) >= 11 is 5.64. The van der Waals surface area contributed by atoms with E-state index in [1.165, 1.54) is 12.0 Å². The van der Waals surface area contributed by atoms with Crippen molar-refractivity contribution in [3.8, 4) is 12.8 Å². The van der Waals surface area contributed by atoms with Gasteiger partial charge in [-0.2, -0.15) is 5.10 Å². The smallest absolute Gasteiger partial charge is 0.272 e. The van der Waals surface area contributed by atoms with Gasteiger partial charge < -0.3 is 10.4 Å². The molecule has 1 amide bonds. The van der Waals surface area contributed by atoms with Crippen LogP contribution in [-0.2, 0) is 12.8 Å². The minimum atomic E-state index is -0.187. The molecular formula is C28H38ClN3O2. The van der Waals surface area contributed by atoms with Crippen molar-refractivity contribution in [2.24, 2.45) is 0 Å². The number of aromatic nitrogens is 2. The van der Waals surface area contributed by atoms with Crippen LogP contribution in [0.1, 0.15) is 60.4 Å². The van der Waals surface area contributed by atoms with Gasteiger partial charge in [-0.25, -0.2) is 0 Å². The van der Waals surface area contributed by atoms with Gasteiger partial charge in [0.05, 0.1) is 6.61 Å². The van der Waals surface area contributed by atoms with Crippen LogP contribution in [0.2, 0.25) is 5.02 Å². The van der Waals surface area contributed by atoms with Crippen molar-refractivity contribution >= 4 is 17.5 Å². The molecule has 5 nitrogen and oxygen atoms in total. The lowest BCUT2D eigenvalue weighted by molar-refractivity contribution is 0.0938. The van der Waals surface area contributed by atoms with E-state index >= 15 is 0 Å². The Hall–Kier alpha value is -3.07. The van der Waals surface area contributed by atoms with Gasteiger partial charge in [-0.1, -0.05) is 80.4 Å². The highest BCUT2D eigenvalue weighted by molar-refractivity contribution is 6.30. The fraction of sp³-hybridized carbons (Fsp3) is 0.357. The Morgan fingerprint density at radius 2 is 1.62 bits per heavy atom. The molecule has 184 valence electrons. The van der Waals surface area contributed by atoms with E-state index in [2.05, 4.69) is 28.4 Å². The second kappa shape index (κ2) is 20.5. The van der Waals surface area contributed by atoms with E-state index in [0.717, 1.165) is 42.0 Å². The number of carbonyl (C=O) groups excluding carboxylic acids is 1. The van der Waals surface area contributed by atoms with E-state index in [0.29, 0.717) is 5.69 Å². The number of hydrogen-bond donors (Lipinski definition) is 3. The molecule has 0 fully saturated rings. The molecule has 3 aromatic rings. The summed E-state index contributed by atoms with van der Waals surface area (Å²) in [4.78, 5) is 11.7. The van der Waals surface area contributed by atoms with Crippen molar-refractivity contribution in [3.63, 3.8) is 0 Å². The lowest BCUT2D eigenvalue weighted by atomic mass is 10.1. The van der Waals surface area contributed by atoms with Gasteiger partial charge in [0.15, 0.2) is 5.69 Å². The van der Waals surface area contributed by atoms with Crippen molar-refractivity contribution in [2.45, 2.75) is 52.9 Å². The topological polar surface area (TPSA) is 78.0 Å². The number of aliphatic hydroxyl groups is 1. The third-order valence-electron chi connectivity index (χ3n) is 4.57. The van der Waals surface area contributed by atoms with Crippen LogP contribution in [0.5, 0.6) is 0 Å². The summed E-state index contributed by atoms with van der Waals surface area (Å²) in [5.74, 6) is -0.187. The zero-order chi connectivity index (χ0) is 25.6. The number of carbonyl (C=O) groups is 1. The van der Waals surface area contributed by atoms with Gasteiger partial charge in [0, 0.05) is 22.8 Å². The molecule has 0 saturated carbocycles. The van der Waals surface area contributed by atoms with E-state index in [9.17, 15) is 4.79 Å². The average molecular weight is 484 g/mol. The summed E-state index contributed by atoms with van der Waals surface area (Å²) in [5, 5.41) is 19.1. The SMILES string of the molecule is C#C.CC.Cc1cccc(Cl)c1.O=C(NCCO)c1n[nH]c2c1CCCCC2.c1ccccc1. The molecule has 0 aliphatic heterocycles. The Labute approximate surface area is 210 Å². The van der Waals surface area contributed by atoms with Gasteiger partial charge in [-0.15, -0.1) is 12.8 Å². The second-order valence-electron chi connectivity index (χ2n) is 7.02. The second-order valence-corrected chi connectivity index (χ2v) is 7.46. The summed E-state index contributed by atoms with van der Waals surface area (Å²) in [6, 6.07) is 19.8. The molecule has 2 aromatic carbocycles. The number of nitrogens with one attached hydrogen (secondary N) is 2. The summed E-state index contributed by atoms with van der Waals surface area (Å²) < 4.78 is 0. The predicted molar refractivity (Wildman–Crippen MR) is 143 cm³/mol. The minimum absolute atomic E-state index is 0.0433. The third-order valence-corrected chi connectivity index (χ3v) is 4.80. The predicted octanol–water partition coefficient (Wildman–Crippen LogP) is 6.01. The first-order chi connectivity index (χ1) is 16.6. The number of halogens is 1. The minimum Gasteiger partial charge on any atom is -0.395 e. The van der Waals surface area contributed by atoms with Gasteiger partial charge in [0.25, 0.3) is 5.91 Å². The molecule has 34 heavy (non-hydrogen) atoms. The number of amides is 1. The number of hydrogen-bond acceptors (Lipinski definition) is 3. The lowest BCUT2D eigenvalue weighted by Gasteiger charge is -2.02. The zero-order valence-electron chi connectivity index (χ0n) is 20.6. The van der Waals surface area contributed by atoms with Gasteiger partial charge in [-0.3, -0.25) is 9.89 Å². The van der Waals surface area contributed by atoms with Crippen LogP contribution in [-0.4, -0.2) is 34.4 Å². The van der Waals surface area contributed by atoms with Crippen molar-refractivity contribution < 1.29 is 9.90 Å². The molecule has 1 aliphatic carbocycles. The van der Waals surface area contributed by atoms with Gasteiger partial charge in [0.2, 0.25) is 0 Å². The number of benzene rings is 2. The zero-order valence-corrected chi connectivity index (χ0v) is 21.3. The first-order valence-corrected chi connectivity index (χ1v) is 12.0. The van der Waals surface area contributed by atoms with E-state index in [1.54, 1.807) is 0 Å². The fourth-order valence-corrected chi connectivity index (χ4v) is 3.33. The third kappa shape index (κ3) is 12.8. The van der Waals surface area contributed by atoms with Crippen LogP contribution in [0.15, 0.2) is 60.7 Å². The van der Waals surface area contributed by atoms with Crippen LogP contribution in [0, 0.1) is 19.8 Å². The highest BCUT2D eigenvalue weighted by Gasteiger charge is 2.20. The highest BCUT2D eigenvalue weighted by Crippen LogP contribution is 2.21. The quantitative estimate of drug-likeness (QED) is 0.315. The molecule has 4 rings (SSSR count). The summed E-state index contributed by atoms with van der Waals surface area (Å²) in [5.41, 5.74) is 3.88. The van der Waals surface area contributed by atoms with Gasteiger partial charge >= 0.3 is 0 Å². The van der Waals surface area contributed by atoms with E-state index in [1.807, 2.05) is 81.4 Å². The Balaban J connectivity index is 0.000000505. The number of aryl methyl sites for hydroxylation is 2. The molecule has 0 atom stereocenters. The summed E-state index contributed by atoms with van der Waals surface area (Å²) in [6.45, 7) is 6.25. The van der Waals surface area contributed by atoms with Crippen molar-refractivity contribution in [1.29, 1.82) is 0 Å². The number of nitrogens with zero attached hydrogens (tertiary/aromatic N) is 1. The normalized spacial score (nSPS) is 11.0. The Kier molecular flexibility index (Phi) is 18.7. The average Bonchev–Trinajstić information content (AvgIpc) is 3.15. The maximum Gasteiger partial charge on any atom is 0.272 e. The van der Waals surface area contributed by atoms with Crippen LogP contribution >= 0.6 is 11.6 Å². The number of fused-ring (bicyclic) bond motifs is 1. The Morgan fingerprint density at radius 1 is 1.03 bits per heavy atom. The molecule has 1 aliphatic rings. The van der Waals surface area contributed by atoms with Crippen LogP contribution in [0.3, 0.4) is 0 Å². The maximum absolute atomic E-state index is 11.7. The number of H-pyrrole nitrogens is 1. The van der Waals surface area contributed by atoms with Crippen LogP contribution < -0.4 is 5.32 Å². The molecule has 0 spiro atoms. The first-order valence-electron chi connectivity index (χ1n) is 11.6. The molecule has 0 saturated heterocycles. The molecule has 0 radical (unpaired) electrons. The standard InChI is InChI=1S/C11H17N3O2.C7H7Cl.C6H6.C2H6.C2H2/c15-7-6-12-11(16)10-8-4-2-1-3-5-9(8)13-14-10;1-6-3-2-4-7(8)5-6;1-2-4-6-5-3-1;2*1-2/h15H,1-7H2,(H,12,16)(H,13,14);2-5H,1H3;1-6H;1-2H3;1-2H. The number of terminal acetylenes is 1. The Bertz CT molecular complexity index is 880. The van der Waals surface area contributed by atoms with Crippen molar-refractivity contribution in [2.75, 3.05) is 13.2 Å². The maximum atomic E-state index is 11.7. The van der Waals surface area contributed by atoms with Gasteiger partial charge in [0.1, 0.15) is 0 Å². The van der Waals surface area contributed by atoms with E-state index in [-0.39, 0.29) is 19.1 Å². The first kappa shape index (κ1) is 30.9. The summed E-state index contributed by atoms with van der Waals surface area (Å²) in [6.07, 6.45) is 13.4. The summed E-state index contributed by atoms with van der Waals surface area (Å²) in [7, 11) is 0. The fourth-order valence-electron chi connectivity index (χ4n) is 3.09. The molecule has 1 heterocycles. The van der Waals surface area contributed by atoms with Crippen LogP contribution in [0.25, 0.3) is 0 Å². The molecule has 1 aromatic heterocycles. The number of rotatable bonds is 3. The largest absolute Gasteiger partial charge is 0.395 e. The molecule has 0 unspecified atom stereocenters. The number of aliphatic hydroxyl groups excluding tert-OH is 1. The van der Waals surface area contributed by atoms with E-state index < -0.39 is 0 Å².